The van der Waals surface area contributed by atoms with Crippen LogP contribution >= 0.6 is 7.55 Å². The second-order valence-corrected chi connectivity index (χ2v) is 4.92. The van der Waals surface area contributed by atoms with E-state index in [-0.39, 0.29) is 0 Å². The maximum Gasteiger partial charge on any atom is 0.109 e. The van der Waals surface area contributed by atoms with Gasteiger partial charge in [-0.3, -0.25) is 0 Å². The molecule has 0 spiro atoms. The van der Waals surface area contributed by atoms with Gasteiger partial charge in [0.2, 0.25) is 0 Å². The second kappa shape index (κ2) is 1.32. The zero-order chi connectivity index (χ0) is 4.69. The molecular weight excluding hydrogens is 103 g/mol. The highest BCUT2D eigenvalue weighted by Crippen LogP contribution is 2.43. The normalized spacial score (nSPS) is 41.7. The van der Waals surface area contributed by atoms with E-state index in [0.29, 0.717) is 7.55 Å². The molecule has 2 aliphatic rings. The van der Waals surface area contributed by atoms with Crippen molar-refractivity contribution in [3.63, 3.8) is 0 Å². The first kappa shape index (κ1) is 4.09. The van der Waals surface area contributed by atoms with Gasteiger partial charge >= 0.3 is 0 Å². The Labute approximate surface area is 45.3 Å². The molecule has 38 valence electrons. The van der Waals surface area contributed by atoms with Crippen molar-refractivity contribution >= 4 is 13.3 Å². The molecule has 0 aromatic heterocycles. The van der Waals surface area contributed by atoms with Crippen molar-refractivity contribution in [1.29, 1.82) is 0 Å². The van der Waals surface area contributed by atoms with Crippen LogP contribution in [-0.2, 0) is 0 Å². The number of rotatable bonds is 0. The Morgan fingerprint density at radius 2 is 2.57 bits per heavy atom. The molecule has 0 amide bonds. The Bertz CT molecular complexity index is 115. The first-order valence-electron chi connectivity index (χ1n) is 3.02. The van der Waals surface area contributed by atoms with E-state index in [2.05, 4.69) is 5.80 Å². The van der Waals surface area contributed by atoms with Crippen LogP contribution in [0, 0.1) is 5.92 Å². The van der Waals surface area contributed by atoms with Crippen LogP contribution in [0.2, 0.25) is 0 Å². The van der Waals surface area contributed by atoms with Gasteiger partial charge in [0.05, 0.1) is 13.3 Å². The predicted molar refractivity (Wildman–Crippen MR) is 35.4 cm³/mol. The van der Waals surface area contributed by atoms with E-state index in [1.807, 2.05) is 0 Å². The molecule has 0 saturated carbocycles. The van der Waals surface area contributed by atoms with E-state index in [4.69, 9.17) is 0 Å². The fourth-order valence-corrected chi connectivity index (χ4v) is 4.32. The van der Waals surface area contributed by atoms with Crippen molar-refractivity contribution in [2.75, 3.05) is 12.3 Å². The van der Waals surface area contributed by atoms with E-state index in [1.54, 1.807) is 18.7 Å². The van der Waals surface area contributed by atoms with Crippen molar-refractivity contribution in [2.24, 2.45) is 5.92 Å². The van der Waals surface area contributed by atoms with E-state index in [1.165, 1.54) is 6.42 Å². The maximum atomic E-state index is 2.57. The molecular formula is C6H10P+. The standard InChI is InChI=1S/C6H10P/c1-3-7-4-2-6(1)5-7/h3,6H,1-2,4-5H2/q+1. The lowest BCUT2D eigenvalue weighted by Crippen LogP contribution is -1.93. The average molecular weight is 113 g/mol. The summed E-state index contributed by atoms with van der Waals surface area (Å²) in [6.45, 7) is 0. The summed E-state index contributed by atoms with van der Waals surface area (Å²) in [5.74, 6) is 3.72. The van der Waals surface area contributed by atoms with E-state index < -0.39 is 0 Å². The van der Waals surface area contributed by atoms with Gasteiger partial charge in [-0.1, -0.05) is 0 Å². The molecule has 1 saturated heterocycles. The molecule has 2 atom stereocenters. The van der Waals surface area contributed by atoms with Crippen LogP contribution in [0.1, 0.15) is 12.8 Å². The van der Waals surface area contributed by atoms with Gasteiger partial charge < -0.3 is 0 Å². The Kier molecular flexibility index (Phi) is 0.772. The predicted octanol–water partition coefficient (Wildman–Crippen LogP) is 1.69. The summed E-state index contributed by atoms with van der Waals surface area (Å²) in [5, 5.41) is 0. The fraction of sp³-hybridized carbons (Fsp3) is 0.833. The molecule has 0 aromatic rings. The summed E-state index contributed by atoms with van der Waals surface area (Å²) in [4.78, 5) is 0. The molecule has 1 fully saturated rings. The molecule has 0 N–H and O–H groups in total. The van der Waals surface area contributed by atoms with Crippen LogP contribution in [0.4, 0.5) is 0 Å². The Morgan fingerprint density at radius 1 is 1.57 bits per heavy atom. The van der Waals surface area contributed by atoms with Gasteiger partial charge in [-0.05, 0) is 6.42 Å². The molecule has 0 radical (unpaired) electrons. The smallest absolute Gasteiger partial charge is 0.00520 e. The largest absolute Gasteiger partial charge is 0.109 e. The number of fused-ring (bicyclic) bond motifs is 2. The van der Waals surface area contributed by atoms with Crippen molar-refractivity contribution in [1.82, 2.24) is 0 Å². The van der Waals surface area contributed by atoms with Crippen LogP contribution in [0.15, 0.2) is 0 Å². The van der Waals surface area contributed by atoms with Crippen LogP contribution in [0.5, 0.6) is 0 Å². The second-order valence-electron chi connectivity index (χ2n) is 2.57. The van der Waals surface area contributed by atoms with Gasteiger partial charge in [0, 0.05) is 12.3 Å². The van der Waals surface area contributed by atoms with Crippen LogP contribution in [0.3, 0.4) is 0 Å². The molecule has 0 nitrogen and oxygen atoms in total. The molecule has 1 heteroatoms. The SMILES string of the molecule is C1=[P+]2CCC(C1)C2. The third kappa shape index (κ3) is 0.534. The van der Waals surface area contributed by atoms with Crippen LogP contribution in [-0.4, -0.2) is 18.1 Å². The topological polar surface area (TPSA) is 0 Å². The Morgan fingerprint density at radius 3 is 2.71 bits per heavy atom. The van der Waals surface area contributed by atoms with Gasteiger partial charge in [0.25, 0.3) is 0 Å². The number of hydrogen-bond acceptors (Lipinski definition) is 0. The zero-order valence-electron chi connectivity index (χ0n) is 4.43. The van der Waals surface area contributed by atoms with Crippen molar-refractivity contribution in [3.8, 4) is 0 Å². The van der Waals surface area contributed by atoms with Gasteiger partial charge in [0.1, 0.15) is 12.3 Å². The van der Waals surface area contributed by atoms with Crippen molar-refractivity contribution < 1.29 is 0 Å². The first-order valence-corrected chi connectivity index (χ1v) is 4.80. The van der Waals surface area contributed by atoms with Gasteiger partial charge in [-0.15, -0.1) is 0 Å². The highest BCUT2D eigenvalue weighted by Gasteiger charge is 2.33. The van der Waals surface area contributed by atoms with Crippen molar-refractivity contribution in [3.05, 3.63) is 0 Å². The highest BCUT2D eigenvalue weighted by molar-refractivity contribution is 7.58. The average Bonchev–Trinajstić information content (AvgIpc) is 2.22. The molecule has 2 aliphatic heterocycles. The summed E-state index contributed by atoms with van der Waals surface area (Å²) >= 11 is 0. The quantitative estimate of drug-likeness (QED) is 0.419. The van der Waals surface area contributed by atoms with E-state index in [0.717, 1.165) is 5.92 Å². The molecule has 0 aromatic carbocycles. The van der Waals surface area contributed by atoms with Gasteiger partial charge in [0.15, 0.2) is 0 Å². The summed E-state index contributed by atoms with van der Waals surface area (Å²) in [7, 11) is 0.506. The molecule has 7 heavy (non-hydrogen) atoms. The zero-order valence-corrected chi connectivity index (χ0v) is 5.32. The third-order valence-electron chi connectivity index (χ3n) is 2.01. The minimum Gasteiger partial charge on any atom is -0.00520 e. The van der Waals surface area contributed by atoms with Gasteiger partial charge in [-0.2, -0.15) is 0 Å². The molecule has 2 unspecified atom stereocenters. The molecule has 2 heterocycles. The van der Waals surface area contributed by atoms with Crippen molar-refractivity contribution in [2.45, 2.75) is 12.8 Å². The summed E-state index contributed by atoms with van der Waals surface area (Å²) in [6, 6.07) is 0. The van der Waals surface area contributed by atoms with Crippen LogP contribution in [0.25, 0.3) is 0 Å². The maximum absolute atomic E-state index is 2.57. The number of hydrogen-bond donors (Lipinski definition) is 0. The summed E-state index contributed by atoms with van der Waals surface area (Å²) in [5.41, 5.74) is 0. The molecule has 2 bridgehead atoms. The Balaban J connectivity index is 2.30. The third-order valence-corrected chi connectivity index (χ3v) is 4.56. The van der Waals surface area contributed by atoms with Crippen LogP contribution < -0.4 is 0 Å². The Hall–Kier alpha value is 0.170. The van der Waals surface area contributed by atoms with E-state index >= 15 is 0 Å². The summed E-state index contributed by atoms with van der Waals surface area (Å²) in [6.07, 6.45) is 6.18. The lowest BCUT2D eigenvalue weighted by Gasteiger charge is -1.91. The molecule has 0 aliphatic carbocycles. The monoisotopic (exact) mass is 113 g/mol. The first-order chi connectivity index (χ1) is 3.45. The van der Waals surface area contributed by atoms with Gasteiger partial charge in [-0.25, -0.2) is 0 Å². The fourth-order valence-electron chi connectivity index (χ4n) is 1.52. The highest BCUT2D eigenvalue weighted by atomic mass is 31.1. The summed E-state index contributed by atoms with van der Waals surface area (Å²) < 4.78 is 0. The minimum absolute atomic E-state index is 0.506. The molecule has 2 rings (SSSR count). The lowest BCUT2D eigenvalue weighted by molar-refractivity contribution is 0.636. The van der Waals surface area contributed by atoms with E-state index in [9.17, 15) is 0 Å². The minimum atomic E-state index is 0.506. The lowest BCUT2D eigenvalue weighted by atomic mass is 10.1.